The highest BCUT2D eigenvalue weighted by molar-refractivity contribution is 5.11. The van der Waals surface area contributed by atoms with Crippen molar-refractivity contribution in [1.29, 1.82) is 0 Å². The Kier molecular flexibility index (Phi) is 3.76. The van der Waals surface area contributed by atoms with Gasteiger partial charge in [-0.15, -0.1) is 0 Å². The van der Waals surface area contributed by atoms with E-state index in [4.69, 9.17) is 9.47 Å². The molecule has 0 bridgehead atoms. The van der Waals surface area contributed by atoms with Gasteiger partial charge < -0.3 is 9.47 Å². The van der Waals surface area contributed by atoms with Crippen molar-refractivity contribution in [1.82, 2.24) is 9.78 Å². The highest BCUT2D eigenvalue weighted by atomic mass is 16.5. The van der Waals surface area contributed by atoms with E-state index in [0.717, 1.165) is 12.3 Å². The van der Waals surface area contributed by atoms with Gasteiger partial charge in [0, 0.05) is 13.7 Å². The van der Waals surface area contributed by atoms with Crippen molar-refractivity contribution in [2.45, 2.75) is 26.5 Å². The number of hydrogen-bond donors (Lipinski definition) is 0. The minimum atomic E-state index is 0.0690. The number of aromatic nitrogens is 2. The van der Waals surface area contributed by atoms with Crippen LogP contribution in [0.15, 0.2) is 12.4 Å². The normalized spacial score (nSPS) is 12.8. The van der Waals surface area contributed by atoms with Gasteiger partial charge in [0.2, 0.25) is 0 Å². The summed E-state index contributed by atoms with van der Waals surface area (Å²) in [5, 5.41) is 4.10. The van der Waals surface area contributed by atoms with Crippen molar-refractivity contribution < 1.29 is 9.47 Å². The smallest absolute Gasteiger partial charge is 0.157 e. The molecule has 1 aromatic heterocycles. The van der Waals surface area contributed by atoms with E-state index in [9.17, 15) is 0 Å². The summed E-state index contributed by atoms with van der Waals surface area (Å²) in [7, 11) is 1.66. The van der Waals surface area contributed by atoms with Crippen LogP contribution in [-0.2, 0) is 11.3 Å². The summed E-state index contributed by atoms with van der Waals surface area (Å²) in [4.78, 5) is 0. The van der Waals surface area contributed by atoms with Gasteiger partial charge in [0.25, 0.3) is 0 Å². The maximum Gasteiger partial charge on any atom is 0.157 e. The van der Waals surface area contributed by atoms with E-state index >= 15 is 0 Å². The molecule has 1 aromatic rings. The van der Waals surface area contributed by atoms with Crippen LogP contribution in [0.3, 0.4) is 0 Å². The first-order valence-electron chi connectivity index (χ1n) is 4.44. The number of aryl methyl sites for hydroxylation is 1. The molecule has 1 rings (SSSR count). The number of methoxy groups -OCH3 is 1. The zero-order chi connectivity index (χ0) is 9.68. The number of nitrogens with zero attached hydrogens (tertiary/aromatic N) is 2. The first-order chi connectivity index (χ1) is 6.26. The second kappa shape index (κ2) is 4.87. The summed E-state index contributed by atoms with van der Waals surface area (Å²) < 4.78 is 12.3. The molecule has 0 aromatic carbocycles. The maximum atomic E-state index is 5.53. The fourth-order valence-electron chi connectivity index (χ4n) is 1.08. The molecule has 4 heteroatoms. The SMILES string of the molecule is CCn1cc(OC(C)COC)cn1. The molecule has 0 spiro atoms. The van der Waals surface area contributed by atoms with Gasteiger partial charge in [-0.3, -0.25) is 4.68 Å². The number of rotatable bonds is 5. The lowest BCUT2D eigenvalue weighted by atomic mass is 10.4. The van der Waals surface area contributed by atoms with Gasteiger partial charge in [-0.1, -0.05) is 0 Å². The van der Waals surface area contributed by atoms with Crippen molar-refractivity contribution in [3.05, 3.63) is 12.4 Å². The minimum Gasteiger partial charge on any atom is -0.485 e. The fraction of sp³-hybridized carbons (Fsp3) is 0.667. The van der Waals surface area contributed by atoms with Crippen molar-refractivity contribution in [3.63, 3.8) is 0 Å². The molecule has 0 aliphatic rings. The Morgan fingerprint density at radius 2 is 2.38 bits per heavy atom. The lowest BCUT2D eigenvalue weighted by Crippen LogP contribution is -2.17. The van der Waals surface area contributed by atoms with Gasteiger partial charge in [0.05, 0.1) is 19.0 Å². The Hall–Kier alpha value is -1.03. The molecule has 4 nitrogen and oxygen atoms in total. The summed E-state index contributed by atoms with van der Waals surface area (Å²) in [5.74, 6) is 0.798. The van der Waals surface area contributed by atoms with Crippen LogP contribution >= 0.6 is 0 Å². The van der Waals surface area contributed by atoms with Crippen LogP contribution in [0.2, 0.25) is 0 Å². The van der Waals surface area contributed by atoms with E-state index in [0.29, 0.717) is 6.61 Å². The van der Waals surface area contributed by atoms with Crippen molar-refractivity contribution in [2.75, 3.05) is 13.7 Å². The average molecular weight is 184 g/mol. The predicted octanol–water partition coefficient (Wildman–Crippen LogP) is 1.32. The predicted molar refractivity (Wildman–Crippen MR) is 49.9 cm³/mol. The molecule has 1 unspecified atom stereocenters. The zero-order valence-corrected chi connectivity index (χ0v) is 8.36. The Bertz CT molecular complexity index is 248. The minimum absolute atomic E-state index is 0.0690. The molecule has 13 heavy (non-hydrogen) atoms. The highest BCUT2D eigenvalue weighted by Gasteiger charge is 2.04. The lowest BCUT2D eigenvalue weighted by molar-refractivity contribution is 0.0920. The third-order valence-electron chi connectivity index (χ3n) is 1.67. The van der Waals surface area contributed by atoms with Gasteiger partial charge in [-0.05, 0) is 13.8 Å². The van der Waals surface area contributed by atoms with Gasteiger partial charge >= 0.3 is 0 Å². The molecule has 74 valence electrons. The summed E-state index contributed by atoms with van der Waals surface area (Å²) in [5.41, 5.74) is 0. The monoisotopic (exact) mass is 184 g/mol. The molecule has 0 aliphatic heterocycles. The highest BCUT2D eigenvalue weighted by Crippen LogP contribution is 2.10. The summed E-state index contributed by atoms with van der Waals surface area (Å²) in [6.07, 6.45) is 3.67. The first-order valence-corrected chi connectivity index (χ1v) is 4.44. The summed E-state index contributed by atoms with van der Waals surface area (Å²) in [6, 6.07) is 0. The summed E-state index contributed by atoms with van der Waals surface area (Å²) >= 11 is 0. The van der Waals surface area contributed by atoms with E-state index in [2.05, 4.69) is 5.10 Å². The number of ether oxygens (including phenoxy) is 2. The quantitative estimate of drug-likeness (QED) is 0.692. The third kappa shape index (κ3) is 3.06. The van der Waals surface area contributed by atoms with Crippen molar-refractivity contribution in [3.8, 4) is 5.75 Å². The average Bonchev–Trinajstić information content (AvgIpc) is 2.52. The van der Waals surface area contributed by atoms with Gasteiger partial charge in [-0.2, -0.15) is 5.10 Å². The second-order valence-corrected chi connectivity index (χ2v) is 2.92. The maximum absolute atomic E-state index is 5.53. The topological polar surface area (TPSA) is 36.3 Å². The third-order valence-corrected chi connectivity index (χ3v) is 1.67. The molecule has 0 N–H and O–H groups in total. The van der Waals surface area contributed by atoms with Crippen LogP contribution in [-0.4, -0.2) is 29.6 Å². The van der Waals surface area contributed by atoms with Crippen LogP contribution in [0.5, 0.6) is 5.75 Å². The standard InChI is InChI=1S/C9H16N2O2/c1-4-11-6-9(5-10-11)13-8(2)7-12-3/h5-6,8H,4,7H2,1-3H3. The molecular weight excluding hydrogens is 168 g/mol. The number of hydrogen-bond acceptors (Lipinski definition) is 3. The van der Waals surface area contributed by atoms with E-state index in [1.54, 1.807) is 13.3 Å². The molecule has 0 fully saturated rings. The molecule has 1 heterocycles. The molecule has 0 saturated heterocycles. The fourth-order valence-corrected chi connectivity index (χ4v) is 1.08. The van der Waals surface area contributed by atoms with Gasteiger partial charge in [-0.25, -0.2) is 0 Å². The Morgan fingerprint density at radius 3 is 2.92 bits per heavy atom. The Labute approximate surface area is 78.5 Å². The molecule has 0 saturated carbocycles. The van der Waals surface area contributed by atoms with E-state index in [1.807, 2.05) is 24.7 Å². The second-order valence-electron chi connectivity index (χ2n) is 2.92. The zero-order valence-electron chi connectivity index (χ0n) is 8.36. The van der Waals surface area contributed by atoms with E-state index in [1.165, 1.54) is 0 Å². The summed E-state index contributed by atoms with van der Waals surface area (Å²) in [6.45, 7) is 5.46. The van der Waals surface area contributed by atoms with Crippen molar-refractivity contribution in [2.24, 2.45) is 0 Å². The van der Waals surface area contributed by atoms with Crippen LogP contribution in [0.1, 0.15) is 13.8 Å². The van der Waals surface area contributed by atoms with E-state index in [-0.39, 0.29) is 6.10 Å². The molecule has 0 amide bonds. The van der Waals surface area contributed by atoms with Crippen LogP contribution in [0.25, 0.3) is 0 Å². The van der Waals surface area contributed by atoms with Crippen LogP contribution < -0.4 is 4.74 Å². The van der Waals surface area contributed by atoms with Crippen LogP contribution in [0.4, 0.5) is 0 Å². The van der Waals surface area contributed by atoms with Crippen LogP contribution in [0, 0.1) is 0 Å². The lowest BCUT2D eigenvalue weighted by Gasteiger charge is -2.10. The Balaban J connectivity index is 2.44. The molecular formula is C9H16N2O2. The van der Waals surface area contributed by atoms with Crippen molar-refractivity contribution >= 4 is 0 Å². The largest absolute Gasteiger partial charge is 0.485 e. The van der Waals surface area contributed by atoms with Gasteiger partial charge in [0.1, 0.15) is 6.10 Å². The molecule has 1 atom stereocenters. The molecule has 0 aliphatic carbocycles. The first kappa shape index (κ1) is 10.1. The van der Waals surface area contributed by atoms with Gasteiger partial charge in [0.15, 0.2) is 5.75 Å². The Morgan fingerprint density at radius 1 is 1.62 bits per heavy atom. The van der Waals surface area contributed by atoms with E-state index < -0.39 is 0 Å². The molecule has 0 radical (unpaired) electrons.